The fraction of sp³-hybridized carbons (Fsp3) is 1.00. The van der Waals surface area contributed by atoms with Crippen LogP contribution in [0.1, 0.15) is 46.0 Å². The SMILES string of the molecule is CC(C)CCCCCC[O-].[K+]. The zero-order valence-electron chi connectivity index (χ0n) is 8.23. The minimum Gasteiger partial charge on any atom is -0.854 e. The first-order valence-corrected chi connectivity index (χ1v) is 4.35. The molecule has 0 aromatic rings. The third kappa shape index (κ3) is 14.5. The van der Waals surface area contributed by atoms with Gasteiger partial charge in [-0.1, -0.05) is 46.0 Å². The average molecular weight is 182 g/mol. The number of rotatable bonds is 6. The van der Waals surface area contributed by atoms with Crippen molar-refractivity contribution in [3.8, 4) is 0 Å². The third-order valence-electron chi connectivity index (χ3n) is 1.68. The molecule has 0 bridgehead atoms. The molecule has 0 rings (SSSR count). The molecule has 0 heterocycles. The van der Waals surface area contributed by atoms with Gasteiger partial charge in [-0.2, -0.15) is 0 Å². The zero-order valence-corrected chi connectivity index (χ0v) is 11.4. The van der Waals surface area contributed by atoms with Crippen molar-refractivity contribution in [3.05, 3.63) is 0 Å². The first-order valence-electron chi connectivity index (χ1n) is 4.35. The maximum absolute atomic E-state index is 10.0. The van der Waals surface area contributed by atoms with E-state index in [-0.39, 0.29) is 58.0 Å². The summed E-state index contributed by atoms with van der Waals surface area (Å²) in [5, 5.41) is 10.0. The van der Waals surface area contributed by atoms with Crippen molar-refractivity contribution >= 4 is 0 Å². The maximum Gasteiger partial charge on any atom is 1.00 e. The van der Waals surface area contributed by atoms with Gasteiger partial charge in [0.25, 0.3) is 0 Å². The Kier molecular flexibility index (Phi) is 15.9. The normalized spacial score (nSPS) is 9.82. The van der Waals surface area contributed by atoms with Crippen molar-refractivity contribution in [2.45, 2.75) is 46.0 Å². The second kappa shape index (κ2) is 11.6. The molecule has 11 heavy (non-hydrogen) atoms. The summed E-state index contributed by atoms with van der Waals surface area (Å²) >= 11 is 0. The van der Waals surface area contributed by atoms with Gasteiger partial charge in [0, 0.05) is 0 Å². The van der Waals surface area contributed by atoms with E-state index in [0.717, 1.165) is 18.8 Å². The van der Waals surface area contributed by atoms with Gasteiger partial charge in [0.15, 0.2) is 0 Å². The van der Waals surface area contributed by atoms with Crippen LogP contribution in [0.5, 0.6) is 0 Å². The third-order valence-corrected chi connectivity index (χ3v) is 1.68. The quantitative estimate of drug-likeness (QED) is 0.380. The van der Waals surface area contributed by atoms with E-state index in [1.807, 2.05) is 0 Å². The van der Waals surface area contributed by atoms with Crippen LogP contribution < -0.4 is 56.5 Å². The Labute approximate surface area is 113 Å². The summed E-state index contributed by atoms with van der Waals surface area (Å²) in [4.78, 5) is 0. The summed E-state index contributed by atoms with van der Waals surface area (Å²) < 4.78 is 0. The van der Waals surface area contributed by atoms with Crippen molar-refractivity contribution in [1.82, 2.24) is 0 Å². The molecule has 0 aliphatic rings. The summed E-state index contributed by atoms with van der Waals surface area (Å²) in [6.07, 6.45) is 5.88. The fourth-order valence-electron chi connectivity index (χ4n) is 1.01. The Balaban J connectivity index is 0. The molecule has 0 saturated heterocycles. The molecule has 62 valence electrons. The van der Waals surface area contributed by atoms with E-state index in [2.05, 4.69) is 13.8 Å². The smallest absolute Gasteiger partial charge is 0.854 e. The molecule has 1 nitrogen and oxygen atoms in total. The van der Waals surface area contributed by atoms with Crippen LogP contribution in [0, 0.1) is 5.92 Å². The molecule has 0 atom stereocenters. The van der Waals surface area contributed by atoms with Crippen LogP contribution >= 0.6 is 0 Å². The van der Waals surface area contributed by atoms with Crippen LogP contribution in [0.25, 0.3) is 0 Å². The molecule has 0 aliphatic heterocycles. The van der Waals surface area contributed by atoms with Crippen molar-refractivity contribution in [1.29, 1.82) is 0 Å². The molecule has 0 radical (unpaired) electrons. The van der Waals surface area contributed by atoms with Gasteiger partial charge >= 0.3 is 51.4 Å². The molecule has 0 fully saturated rings. The van der Waals surface area contributed by atoms with E-state index in [9.17, 15) is 5.11 Å². The Morgan fingerprint density at radius 2 is 1.55 bits per heavy atom. The van der Waals surface area contributed by atoms with E-state index >= 15 is 0 Å². The van der Waals surface area contributed by atoms with Crippen molar-refractivity contribution in [2.24, 2.45) is 5.92 Å². The van der Waals surface area contributed by atoms with Crippen LogP contribution in [0.15, 0.2) is 0 Å². The van der Waals surface area contributed by atoms with Crippen LogP contribution in [-0.4, -0.2) is 6.61 Å². The predicted molar refractivity (Wildman–Crippen MR) is 42.8 cm³/mol. The first kappa shape index (κ1) is 15.1. The van der Waals surface area contributed by atoms with E-state index < -0.39 is 0 Å². The summed E-state index contributed by atoms with van der Waals surface area (Å²) in [6.45, 7) is 4.60. The van der Waals surface area contributed by atoms with E-state index in [4.69, 9.17) is 0 Å². The van der Waals surface area contributed by atoms with Crippen molar-refractivity contribution in [3.63, 3.8) is 0 Å². The summed E-state index contributed by atoms with van der Waals surface area (Å²) in [7, 11) is 0. The van der Waals surface area contributed by atoms with Crippen LogP contribution in [-0.2, 0) is 0 Å². The van der Waals surface area contributed by atoms with E-state index in [0.29, 0.717) is 0 Å². The fourth-order valence-corrected chi connectivity index (χ4v) is 1.01. The van der Waals surface area contributed by atoms with E-state index in [1.54, 1.807) is 0 Å². The Morgan fingerprint density at radius 1 is 1.00 bits per heavy atom. The second-order valence-corrected chi connectivity index (χ2v) is 3.30. The second-order valence-electron chi connectivity index (χ2n) is 3.30. The molecule has 0 amide bonds. The Morgan fingerprint density at radius 3 is 2.00 bits per heavy atom. The monoisotopic (exact) mass is 182 g/mol. The van der Waals surface area contributed by atoms with Gasteiger partial charge in [0.1, 0.15) is 0 Å². The van der Waals surface area contributed by atoms with Crippen LogP contribution in [0.4, 0.5) is 0 Å². The topological polar surface area (TPSA) is 23.1 Å². The summed E-state index contributed by atoms with van der Waals surface area (Å²) in [5.74, 6) is 0.826. The van der Waals surface area contributed by atoms with Gasteiger partial charge in [-0.15, -0.1) is 6.61 Å². The molecule has 0 N–H and O–H groups in total. The molecular formula is C9H19KO. The van der Waals surface area contributed by atoms with Gasteiger partial charge in [-0.05, 0) is 5.92 Å². The predicted octanol–water partition coefficient (Wildman–Crippen LogP) is -1.04. The molecule has 2 heteroatoms. The minimum absolute atomic E-state index is 0. The van der Waals surface area contributed by atoms with Gasteiger partial charge in [-0.3, -0.25) is 0 Å². The molecule has 0 unspecified atom stereocenters. The van der Waals surface area contributed by atoms with Crippen molar-refractivity contribution < 1.29 is 56.5 Å². The molecule has 0 aromatic carbocycles. The van der Waals surface area contributed by atoms with E-state index in [1.165, 1.54) is 19.3 Å². The maximum atomic E-state index is 10.0. The molecule has 0 aliphatic carbocycles. The van der Waals surface area contributed by atoms with Gasteiger partial charge in [0.05, 0.1) is 0 Å². The van der Waals surface area contributed by atoms with Gasteiger partial charge in [-0.25, -0.2) is 0 Å². The van der Waals surface area contributed by atoms with Gasteiger partial charge < -0.3 is 5.11 Å². The van der Waals surface area contributed by atoms with Gasteiger partial charge in [0.2, 0.25) is 0 Å². The molecule has 0 saturated carbocycles. The summed E-state index contributed by atoms with van der Waals surface area (Å²) in [5.41, 5.74) is 0. The summed E-state index contributed by atoms with van der Waals surface area (Å²) in [6, 6.07) is 0. The standard InChI is InChI=1S/C9H19O.K/c1-9(2)7-5-3-4-6-8-10;/h9H,3-8H2,1-2H3;/q-1;+1. The molecule has 0 spiro atoms. The first-order chi connectivity index (χ1) is 4.77. The largest absolute Gasteiger partial charge is 1.00 e. The van der Waals surface area contributed by atoms with Crippen LogP contribution in [0.3, 0.4) is 0 Å². The Bertz CT molecular complexity index is 64.6. The number of unbranched alkanes of at least 4 members (excludes halogenated alkanes) is 3. The minimum atomic E-state index is 0. The number of hydrogen-bond acceptors (Lipinski definition) is 1. The van der Waals surface area contributed by atoms with Crippen molar-refractivity contribution in [2.75, 3.05) is 6.61 Å². The number of hydrogen-bond donors (Lipinski definition) is 0. The molecule has 0 aromatic heterocycles. The van der Waals surface area contributed by atoms with Crippen LogP contribution in [0.2, 0.25) is 0 Å². The average Bonchev–Trinajstić information content (AvgIpc) is 1.87. The molecular weight excluding hydrogens is 163 g/mol. The Hall–Kier alpha value is 1.60. The zero-order chi connectivity index (χ0) is 7.82.